The van der Waals surface area contributed by atoms with Crippen molar-refractivity contribution >= 4 is 12.4 Å². The van der Waals surface area contributed by atoms with Gasteiger partial charge in [-0.15, -0.1) is 6.58 Å². The first-order valence-corrected chi connectivity index (χ1v) is 2.72. The lowest BCUT2D eigenvalue weighted by molar-refractivity contribution is -0.140. The summed E-state index contributed by atoms with van der Waals surface area (Å²) in [6.07, 6.45) is 1.95. The van der Waals surface area contributed by atoms with Crippen LogP contribution in [0.5, 0.6) is 0 Å². The number of carbonyl (C=O) groups excluding carboxylic acids is 1. The Labute approximate surface area is 58.8 Å². The van der Waals surface area contributed by atoms with E-state index in [4.69, 9.17) is 5.11 Å². The third-order valence-corrected chi connectivity index (χ3v) is 0.851. The summed E-state index contributed by atoms with van der Waals surface area (Å²) in [7, 11) is 0. The third-order valence-electron chi connectivity index (χ3n) is 0.851. The van der Waals surface area contributed by atoms with E-state index < -0.39 is 5.97 Å². The Morgan fingerprint density at radius 2 is 2.30 bits per heavy atom. The summed E-state index contributed by atoms with van der Waals surface area (Å²) in [6.45, 7) is 3.37. The Balaban J connectivity index is 3.70. The number of hydrogen-bond acceptors (Lipinski definition) is 2. The topological polar surface area (TPSA) is 57.6 Å². The Kier molecular flexibility index (Phi) is 3.95. The number of carboxylic acid groups (broad SMARTS) is 1. The summed E-state index contributed by atoms with van der Waals surface area (Å²) >= 11 is 0. The summed E-state index contributed by atoms with van der Waals surface area (Å²) < 4.78 is 0. The molecule has 0 aromatic heterocycles. The van der Waals surface area contributed by atoms with E-state index in [0.29, 0.717) is 6.41 Å². The van der Waals surface area contributed by atoms with Crippen LogP contribution in [0.1, 0.15) is 0 Å². The van der Waals surface area contributed by atoms with Gasteiger partial charge in [0.05, 0.1) is 0 Å². The number of carboxylic acids is 1. The monoisotopic (exact) mass is 143 g/mol. The van der Waals surface area contributed by atoms with E-state index in [-0.39, 0.29) is 13.1 Å². The number of rotatable bonds is 5. The minimum atomic E-state index is -1.02. The number of amides is 1. The third kappa shape index (κ3) is 3.65. The van der Waals surface area contributed by atoms with Crippen molar-refractivity contribution in [2.45, 2.75) is 0 Å². The summed E-state index contributed by atoms with van der Waals surface area (Å²) in [5.74, 6) is -1.02. The van der Waals surface area contributed by atoms with Gasteiger partial charge in [0.2, 0.25) is 6.41 Å². The number of aliphatic carboxylic acids is 1. The zero-order valence-corrected chi connectivity index (χ0v) is 5.49. The Morgan fingerprint density at radius 3 is 2.60 bits per heavy atom. The van der Waals surface area contributed by atoms with Crippen LogP contribution in [-0.2, 0) is 9.59 Å². The lowest BCUT2D eigenvalue weighted by atomic mass is 10.5. The second-order valence-electron chi connectivity index (χ2n) is 1.72. The standard InChI is InChI=1S/C6H9NO3/c1-2-3-7(5-8)4-6(9)10/h2,5H,1,3-4H2,(H,9,10). The van der Waals surface area contributed by atoms with Crippen molar-refractivity contribution in [3.8, 4) is 0 Å². The molecule has 0 unspecified atom stereocenters. The molecule has 10 heavy (non-hydrogen) atoms. The van der Waals surface area contributed by atoms with Crippen LogP contribution in [0.4, 0.5) is 0 Å². The normalized spacial score (nSPS) is 8.40. The lowest BCUT2D eigenvalue weighted by Gasteiger charge is -2.10. The molecule has 0 aliphatic heterocycles. The van der Waals surface area contributed by atoms with E-state index >= 15 is 0 Å². The molecule has 1 amide bonds. The fourth-order valence-electron chi connectivity index (χ4n) is 0.484. The van der Waals surface area contributed by atoms with Crippen LogP contribution in [0.2, 0.25) is 0 Å². The Morgan fingerprint density at radius 1 is 1.70 bits per heavy atom. The summed E-state index contributed by atoms with van der Waals surface area (Å²) in [6, 6.07) is 0. The first kappa shape index (κ1) is 8.68. The highest BCUT2D eigenvalue weighted by atomic mass is 16.4. The second kappa shape index (κ2) is 4.55. The van der Waals surface area contributed by atoms with Crippen LogP contribution in [-0.4, -0.2) is 35.5 Å². The first-order chi connectivity index (χ1) is 4.70. The summed E-state index contributed by atoms with van der Waals surface area (Å²) in [5, 5.41) is 8.21. The van der Waals surface area contributed by atoms with E-state index in [1.807, 2.05) is 0 Å². The van der Waals surface area contributed by atoms with E-state index in [0.717, 1.165) is 4.90 Å². The van der Waals surface area contributed by atoms with Crippen LogP contribution >= 0.6 is 0 Å². The minimum Gasteiger partial charge on any atom is -0.480 e. The van der Waals surface area contributed by atoms with Crippen LogP contribution in [0.25, 0.3) is 0 Å². The SMILES string of the molecule is C=CCN(C=O)CC(=O)O. The molecule has 0 fully saturated rings. The molecular formula is C6H9NO3. The molecule has 0 spiro atoms. The zero-order valence-electron chi connectivity index (χ0n) is 5.49. The van der Waals surface area contributed by atoms with Gasteiger partial charge in [0.25, 0.3) is 0 Å². The smallest absolute Gasteiger partial charge is 0.323 e. The maximum Gasteiger partial charge on any atom is 0.323 e. The maximum atomic E-state index is 10.0. The average Bonchev–Trinajstić information content (AvgIpc) is 1.86. The summed E-state index contributed by atoms with van der Waals surface area (Å²) in [4.78, 5) is 21.2. The largest absolute Gasteiger partial charge is 0.480 e. The maximum absolute atomic E-state index is 10.0. The van der Waals surface area contributed by atoms with Crippen molar-refractivity contribution in [3.05, 3.63) is 12.7 Å². The number of carbonyl (C=O) groups is 2. The molecule has 0 aliphatic rings. The molecule has 4 nitrogen and oxygen atoms in total. The molecule has 56 valence electrons. The van der Waals surface area contributed by atoms with Gasteiger partial charge in [-0.25, -0.2) is 0 Å². The fraction of sp³-hybridized carbons (Fsp3) is 0.333. The van der Waals surface area contributed by atoms with Gasteiger partial charge in [0.15, 0.2) is 0 Å². The molecule has 0 saturated carbocycles. The van der Waals surface area contributed by atoms with E-state index in [1.165, 1.54) is 6.08 Å². The van der Waals surface area contributed by atoms with Crippen molar-refractivity contribution in [3.63, 3.8) is 0 Å². The van der Waals surface area contributed by atoms with Crippen LogP contribution in [0, 0.1) is 0 Å². The molecule has 1 N–H and O–H groups in total. The molecule has 0 radical (unpaired) electrons. The predicted octanol–water partition coefficient (Wildman–Crippen LogP) is -0.285. The minimum absolute atomic E-state index is 0.268. The second-order valence-corrected chi connectivity index (χ2v) is 1.72. The van der Waals surface area contributed by atoms with Crippen molar-refractivity contribution in [2.24, 2.45) is 0 Å². The van der Waals surface area contributed by atoms with Crippen molar-refractivity contribution in [1.29, 1.82) is 0 Å². The zero-order chi connectivity index (χ0) is 7.98. The highest BCUT2D eigenvalue weighted by Gasteiger charge is 2.02. The molecule has 0 aliphatic carbocycles. The molecule has 0 aromatic carbocycles. The highest BCUT2D eigenvalue weighted by molar-refractivity contribution is 5.71. The quantitative estimate of drug-likeness (QED) is 0.425. The van der Waals surface area contributed by atoms with Gasteiger partial charge in [-0.3, -0.25) is 9.59 Å². The molecule has 0 bridgehead atoms. The number of hydrogen-bond donors (Lipinski definition) is 1. The first-order valence-electron chi connectivity index (χ1n) is 2.72. The molecule has 0 atom stereocenters. The average molecular weight is 143 g/mol. The van der Waals surface area contributed by atoms with Gasteiger partial charge in [-0.1, -0.05) is 6.08 Å². The molecule has 0 aromatic rings. The highest BCUT2D eigenvalue weighted by Crippen LogP contribution is 1.81. The van der Waals surface area contributed by atoms with Crippen molar-refractivity contribution in [2.75, 3.05) is 13.1 Å². The molecule has 0 heterocycles. The summed E-state index contributed by atoms with van der Waals surface area (Å²) in [5.41, 5.74) is 0. The van der Waals surface area contributed by atoms with Gasteiger partial charge < -0.3 is 10.0 Å². The van der Waals surface area contributed by atoms with Crippen molar-refractivity contribution in [1.82, 2.24) is 4.90 Å². The van der Waals surface area contributed by atoms with Gasteiger partial charge in [0.1, 0.15) is 6.54 Å². The van der Waals surface area contributed by atoms with Crippen LogP contribution in [0.15, 0.2) is 12.7 Å². The van der Waals surface area contributed by atoms with Crippen LogP contribution in [0.3, 0.4) is 0 Å². The van der Waals surface area contributed by atoms with E-state index in [1.54, 1.807) is 0 Å². The molecule has 4 heteroatoms. The van der Waals surface area contributed by atoms with Crippen molar-refractivity contribution < 1.29 is 14.7 Å². The predicted molar refractivity (Wildman–Crippen MR) is 35.5 cm³/mol. The molecular weight excluding hydrogens is 134 g/mol. The number of nitrogens with zero attached hydrogens (tertiary/aromatic N) is 1. The van der Waals surface area contributed by atoms with Gasteiger partial charge in [-0.2, -0.15) is 0 Å². The molecule has 0 rings (SSSR count). The van der Waals surface area contributed by atoms with Gasteiger partial charge in [0, 0.05) is 6.54 Å². The lowest BCUT2D eigenvalue weighted by Crippen LogP contribution is -2.28. The van der Waals surface area contributed by atoms with Crippen LogP contribution < -0.4 is 0 Å². The Bertz CT molecular complexity index is 144. The van der Waals surface area contributed by atoms with E-state index in [9.17, 15) is 9.59 Å². The fourth-order valence-corrected chi connectivity index (χ4v) is 0.484. The van der Waals surface area contributed by atoms with E-state index in [2.05, 4.69) is 6.58 Å². The Hall–Kier alpha value is -1.32. The van der Waals surface area contributed by atoms with Gasteiger partial charge >= 0.3 is 5.97 Å². The molecule has 0 saturated heterocycles. The van der Waals surface area contributed by atoms with Gasteiger partial charge in [-0.05, 0) is 0 Å².